The number of methoxy groups -OCH3 is 2. The molecule has 0 atom stereocenters. The number of anilines is 1. The van der Waals surface area contributed by atoms with Crippen LogP contribution in [0.25, 0.3) is 0 Å². The first-order chi connectivity index (χ1) is 10.1. The third-order valence-electron chi connectivity index (χ3n) is 3.30. The van der Waals surface area contributed by atoms with Crippen molar-refractivity contribution >= 4 is 5.69 Å². The van der Waals surface area contributed by atoms with E-state index < -0.39 is 0 Å². The van der Waals surface area contributed by atoms with Gasteiger partial charge in [-0.3, -0.25) is 4.98 Å². The summed E-state index contributed by atoms with van der Waals surface area (Å²) in [5.74, 6) is 2.08. The Bertz CT molecular complexity index is 642. The van der Waals surface area contributed by atoms with E-state index in [4.69, 9.17) is 19.9 Å². The second-order valence-corrected chi connectivity index (χ2v) is 4.75. The Balaban J connectivity index is 2.21. The summed E-state index contributed by atoms with van der Waals surface area (Å²) < 4.78 is 16.4. The molecule has 0 aliphatic carbocycles. The second kappa shape index (κ2) is 6.35. The van der Waals surface area contributed by atoms with Crippen LogP contribution in [-0.4, -0.2) is 19.2 Å². The van der Waals surface area contributed by atoms with Crippen LogP contribution in [0.15, 0.2) is 24.4 Å². The van der Waals surface area contributed by atoms with Crippen molar-refractivity contribution in [3.05, 3.63) is 41.2 Å². The van der Waals surface area contributed by atoms with Gasteiger partial charge in [-0.25, -0.2) is 0 Å². The largest absolute Gasteiger partial charge is 0.496 e. The van der Waals surface area contributed by atoms with E-state index >= 15 is 0 Å². The molecule has 2 N–H and O–H groups in total. The minimum Gasteiger partial charge on any atom is -0.496 e. The van der Waals surface area contributed by atoms with Crippen molar-refractivity contribution in [3.8, 4) is 17.2 Å². The van der Waals surface area contributed by atoms with E-state index in [1.54, 1.807) is 38.6 Å². The van der Waals surface area contributed by atoms with Crippen LogP contribution in [0.3, 0.4) is 0 Å². The lowest BCUT2D eigenvalue weighted by Gasteiger charge is -2.14. The maximum Gasteiger partial charge on any atom is 0.162 e. The van der Waals surface area contributed by atoms with Gasteiger partial charge in [0.05, 0.1) is 19.9 Å². The fourth-order valence-electron chi connectivity index (χ4n) is 2.17. The van der Waals surface area contributed by atoms with Gasteiger partial charge < -0.3 is 19.9 Å². The number of ether oxygens (including phenoxy) is 3. The monoisotopic (exact) mass is 288 g/mol. The average Bonchev–Trinajstić information content (AvgIpc) is 2.48. The number of nitrogens with zero attached hydrogens (tertiary/aromatic N) is 1. The van der Waals surface area contributed by atoms with Crippen LogP contribution >= 0.6 is 0 Å². The highest BCUT2D eigenvalue weighted by atomic mass is 16.5. The molecule has 0 amide bonds. The molecule has 0 fully saturated rings. The van der Waals surface area contributed by atoms with Crippen LogP contribution in [0.1, 0.15) is 16.8 Å². The molecule has 0 saturated heterocycles. The second-order valence-electron chi connectivity index (χ2n) is 4.75. The van der Waals surface area contributed by atoms with Gasteiger partial charge in [0.25, 0.3) is 0 Å². The van der Waals surface area contributed by atoms with Crippen LogP contribution < -0.4 is 19.9 Å². The fourth-order valence-corrected chi connectivity index (χ4v) is 2.17. The van der Waals surface area contributed by atoms with Crippen molar-refractivity contribution in [1.82, 2.24) is 4.98 Å². The molecule has 0 spiro atoms. The number of hydrogen-bond donors (Lipinski definition) is 1. The standard InChI is InChI=1S/C16H20N2O3/c1-10-8-18-13(11(2)16(10)20-4)9-21-14-6-5-12(17)7-15(14)19-3/h5-8H,9,17H2,1-4H3. The number of nitrogen functional groups attached to an aromatic ring is 1. The molecule has 112 valence electrons. The molecular weight excluding hydrogens is 268 g/mol. The van der Waals surface area contributed by atoms with E-state index in [1.165, 1.54) is 0 Å². The number of benzene rings is 1. The summed E-state index contributed by atoms with van der Waals surface area (Å²) in [6.45, 7) is 4.27. The van der Waals surface area contributed by atoms with E-state index in [1.807, 2.05) is 13.8 Å². The van der Waals surface area contributed by atoms with Gasteiger partial charge in [0.15, 0.2) is 11.5 Å². The van der Waals surface area contributed by atoms with Crippen LogP contribution in [-0.2, 0) is 6.61 Å². The number of pyridine rings is 1. The number of hydrogen-bond acceptors (Lipinski definition) is 5. The minimum atomic E-state index is 0.336. The number of rotatable bonds is 5. The summed E-state index contributed by atoms with van der Waals surface area (Å²) in [6, 6.07) is 5.29. The topological polar surface area (TPSA) is 66.6 Å². The van der Waals surface area contributed by atoms with Crippen LogP contribution in [0.2, 0.25) is 0 Å². The van der Waals surface area contributed by atoms with E-state index in [0.717, 1.165) is 22.6 Å². The molecule has 1 aromatic heterocycles. The summed E-state index contributed by atoms with van der Waals surface area (Å²) in [5, 5.41) is 0. The van der Waals surface area contributed by atoms with Gasteiger partial charge >= 0.3 is 0 Å². The Morgan fingerprint density at radius 1 is 1.10 bits per heavy atom. The van der Waals surface area contributed by atoms with Crippen LogP contribution in [0, 0.1) is 13.8 Å². The molecule has 5 heteroatoms. The highest BCUT2D eigenvalue weighted by Gasteiger charge is 2.11. The number of aromatic nitrogens is 1. The SMILES string of the molecule is COc1cc(N)ccc1OCc1ncc(C)c(OC)c1C. The van der Waals surface area contributed by atoms with Crippen molar-refractivity contribution in [3.63, 3.8) is 0 Å². The van der Waals surface area contributed by atoms with Crippen molar-refractivity contribution in [1.29, 1.82) is 0 Å². The molecule has 0 aliphatic rings. The lowest BCUT2D eigenvalue weighted by atomic mass is 10.1. The third kappa shape index (κ3) is 3.18. The molecule has 1 aromatic carbocycles. The number of aryl methyl sites for hydroxylation is 1. The number of nitrogens with two attached hydrogens (primary N) is 1. The lowest BCUT2D eigenvalue weighted by molar-refractivity contribution is 0.279. The predicted octanol–water partition coefficient (Wildman–Crippen LogP) is 2.88. The zero-order valence-corrected chi connectivity index (χ0v) is 12.8. The first-order valence-corrected chi connectivity index (χ1v) is 6.62. The smallest absolute Gasteiger partial charge is 0.162 e. The van der Waals surface area contributed by atoms with Gasteiger partial charge in [0.1, 0.15) is 12.4 Å². The minimum absolute atomic E-state index is 0.336. The van der Waals surface area contributed by atoms with Crippen LogP contribution in [0.4, 0.5) is 5.69 Å². The Morgan fingerprint density at radius 3 is 2.52 bits per heavy atom. The zero-order valence-electron chi connectivity index (χ0n) is 12.8. The third-order valence-corrected chi connectivity index (χ3v) is 3.30. The van der Waals surface area contributed by atoms with E-state index in [9.17, 15) is 0 Å². The Labute approximate surface area is 124 Å². The van der Waals surface area contributed by atoms with Gasteiger partial charge in [-0.1, -0.05) is 0 Å². The lowest BCUT2D eigenvalue weighted by Crippen LogP contribution is -2.05. The molecule has 1 heterocycles. The van der Waals surface area contributed by atoms with Crippen molar-refractivity contribution in [2.75, 3.05) is 20.0 Å². The Hall–Kier alpha value is -2.43. The zero-order chi connectivity index (χ0) is 15.4. The van der Waals surface area contributed by atoms with Crippen molar-refractivity contribution in [2.24, 2.45) is 0 Å². The summed E-state index contributed by atoms with van der Waals surface area (Å²) in [5.41, 5.74) is 9.17. The molecule has 5 nitrogen and oxygen atoms in total. The molecule has 0 radical (unpaired) electrons. The summed E-state index contributed by atoms with van der Waals surface area (Å²) in [4.78, 5) is 4.40. The Kier molecular flexibility index (Phi) is 4.52. The van der Waals surface area contributed by atoms with Crippen LogP contribution in [0.5, 0.6) is 17.2 Å². The molecule has 2 rings (SSSR count). The summed E-state index contributed by atoms with van der Waals surface area (Å²) >= 11 is 0. The van der Waals surface area contributed by atoms with Gasteiger partial charge in [0, 0.05) is 29.1 Å². The molecule has 0 saturated carbocycles. The summed E-state index contributed by atoms with van der Waals surface area (Å²) in [6.07, 6.45) is 1.78. The van der Waals surface area contributed by atoms with Crippen molar-refractivity contribution in [2.45, 2.75) is 20.5 Å². The highest BCUT2D eigenvalue weighted by Crippen LogP contribution is 2.30. The van der Waals surface area contributed by atoms with E-state index in [2.05, 4.69) is 4.98 Å². The van der Waals surface area contributed by atoms with E-state index in [0.29, 0.717) is 23.8 Å². The van der Waals surface area contributed by atoms with Gasteiger partial charge in [0.2, 0.25) is 0 Å². The fraction of sp³-hybridized carbons (Fsp3) is 0.312. The molecule has 0 unspecified atom stereocenters. The summed E-state index contributed by atoms with van der Waals surface area (Å²) in [7, 11) is 3.24. The molecule has 0 aliphatic heterocycles. The molecular formula is C16H20N2O3. The average molecular weight is 288 g/mol. The first kappa shape index (κ1) is 15.0. The Morgan fingerprint density at radius 2 is 1.86 bits per heavy atom. The molecule has 0 bridgehead atoms. The maximum atomic E-state index is 5.79. The van der Waals surface area contributed by atoms with Gasteiger partial charge in [-0.2, -0.15) is 0 Å². The van der Waals surface area contributed by atoms with Crippen molar-refractivity contribution < 1.29 is 14.2 Å². The quantitative estimate of drug-likeness (QED) is 0.857. The maximum absolute atomic E-state index is 5.79. The first-order valence-electron chi connectivity index (χ1n) is 6.62. The normalized spacial score (nSPS) is 10.3. The molecule has 2 aromatic rings. The predicted molar refractivity (Wildman–Crippen MR) is 82.0 cm³/mol. The van der Waals surface area contributed by atoms with E-state index in [-0.39, 0.29) is 0 Å². The van der Waals surface area contributed by atoms with Gasteiger partial charge in [-0.05, 0) is 26.0 Å². The van der Waals surface area contributed by atoms with Gasteiger partial charge in [-0.15, -0.1) is 0 Å². The highest BCUT2D eigenvalue weighted by molar-refractivity contribution is 5.52. The molecule has 21 heavy (non-hydrogen) atoms.